The number of amides is 2. The Morgan fingerprint density at radius 3 is 1.52 bits per heavy atom. The lowest BCUT2D eigenvalue weighted by Gasteiger charge is -2.22. The number of phenols is 1. The third-order valence-corrected chi connectivity index (χ3v) is 6.15. The minimum atomic E-state index is -1.22. The average Bonchev–Trinajstić information content (AvgIpc) is 2.81. The predicted octanol–water partition coefficient (Wildman–Crippen LogP) is 5.87. The van der Waals surface area contributed by atoms with Crippen molar-refractivity contribution in [2.24, 2.45) is 11.5 Å². The van der Waals surface area contributed by atoms with Crippen LogP contribution in [0.3, 0.4) is 0 Å². The van der Waals surface area contributed by atoms with Crippen LogP contribution < -0.4 is 11.5 Å². The van der Waals surface area contributed by atoms with Gasteiger partial charge in [0.1, 0.15) is 11.9 Å². The van der Waals surface area contributed by atoms with E-state index in [0.29, 0.717) is 12.1 Å². The largest absolute Gasteiger partial charge is 0.508 e. The summed E-state index contributed by atoms with van der Waals surface area (Å²) in [6, 6.07) is 5.83. The van der Waals surface area contributed by atoms with Crippen molar-refractivity contribution in [3.05, 3.63) is 29.8 Å². The molecule has 0 aliphatic heterocycles. The normalized spacial score (nSPS) is 11.2. The molecule has 0 aromatic heterocycles. The van der Waals surface area contributed by atoms with E-state index >= 15 is 0 Å². The van der Waals surface area contributed by atoms with Crippen molar-refractivity contribution in [1.29, 1.82) is 0 Å². The van der Waals surface area contributed by atoms with E-state index in [9.17, 15) is 14.7 Å². The van der Waals surface area contributed by atoms with Crippen LogP contribution in [0.15, 0.2) is 24.3 Å². The average molecular weight is 462 g/mol. The molecular formula is C27H47N3O3. The van der Waals surface area contributed by atoms with Gasteiger partial charge in [0, 0.05) is 12.1 Å². The number of benzene rings is 1. The third-order valence-electron chi connectivity index (χ3n) is 6.15. The van der Waals surface area contributed by atoms with Crippen molar-refractivity contribution < 1.29 is 14.7 Å². The number of nitrogens with two attached hydrogens (primary N) is 2. The van der Waals surface area contributed by atoms with Gasteiger partial charge in [-0.3, -0.25) is 14.5 Å². The van der Waals surface area contributed by atoms with Crippen LogP contribution in [0.4, 0.5) is 0 Å². The Hall–Kier alpha value is -1.92. The molecule has 5 N–H and O–H groups in total. The molecular weight excluding hydrogens is 414 g/mol. The van der Waals surface area contributed by atoms with E-state index in [1.165, 1.54) is 108 Å². The molecule has 6 nitrogen and oxygen atoms in total. The fourth-order valence-corrected chi connectivity index (χ4v) is 4.07. The molecule has 1 aromatic rings. The van der Waals surface area contributed by atoms with Crippen LogP contribution in [0.5, 0.6) is 5.75 Å². The zero-order chi connectivity index (χ0) is 24.3. The Balaban J connectivity index is 2.12. The Labute approximate surface area is 201 Å². The van der Waals surface area contributed by atoms with Crippen LogP contribution in [0, 0.1) is 0 Å². The zero-order valence-corrected chi connectivity index (χ0v) is 20.8. The van der Waals surface area contributed by atoms with Crippen molar-refractivity contribution in [1.82, 2.24) is 4.90 Å². The maximum absolute atomic E-state index is 12.7. The van der Waals surface area contributed by atoms with Crippen LogP contribution >= 0.6 is 0 Å². The van der Waals surface area contributed by atoms with Crippen molar-refractivity contribution in [2.45, 2.75) is 116 Å². The molecule has 0 bridgehead atoms. The lowest BCUT2D eigenvalue weighted by atomic mass is 10.0. The molecule has 0 atom stereocenters. The van der Waals surface area contributed by atoms with Crippen LogP contribution in [-0.2, 0) is 4.79 Å². The minimum Gasteiger partial charge on any atom is -0.508 e. The molecule has 0 saturated carbocycles. The van der Waals surface area contributed by atoms with E-state index in [2.05, 4.69) is 6.92 Å². The quantitative estimate of drug-likeness (QED) is 0.176. The highest BCUT2D eigenvalue weighted by molar-refractivity contribution is 6.05. The molecule has 0 aliphatic carbocycles. The summed E-state index contributed by atoms with van der Waals surface area (Å²) in [5.74, 6) is -0.936. The van der Waals surface area contributed by atoms with Crippen molar-refractivity contribution in [3.63, 3.8) is 0 Å². The summed E-state index contributed by atoms with van der Waals surface area (Å²) in [5.41, 5.74) is 11.4. The Morgan fingerprint density at radius 1 is 0.727 bits per heavy atom. The molecule has 0 fully saturated rings. The monoisotopic (exact) mass is 461 g/mol. The number of carbonyl (C=O) groups excluding carboxylic acids is 2. The zero-order valence-electron chi connectivity index (χ0n) is 20.8. The maximum atomic E-state index is 12.7. The molecule has 0 radical (unpaired) electrons. The smallest absolute Gasteiger partial charge is 0.260 e. The first kappa shape index (κ1) is 29.1. The van der Waals surface area contributed by atoms with Crippen molar-refractivity contribution in [2.75, 3.05) is 6.54 Å². The Morgan fingerprint density at radius 2 is 1.12 bits per heavy atom. The number of aromatic hydroxyl groups is 1. The standard InChI is InChI=1S/C27H47N3O3/c1-2-3-4-5-6-7-8-9-10-11-12-13-14-15-16-17-22-30(27(33)25(28)29)26(32)23-18-20-24(31)21-19-23/h18-21,25,31H,2-17,22,28-29H2,1H3. The van der Waals surface area contributed by atoms with Crippen molar-refractivity contribution in [3.8, 4) is 5.75 Å². The van der Waals surface area contributed by atoms with Gasteiger partial charge in [0.05, 0.1) is 0 Å². The van der Waals surface area contributed by atoms with Crippen LogP contribution in [0.25, 0.3) is 0 Å². The highest BCUT2D eigenvalue weighted by atomic mass is 16.3. The summed E-state index contributed by atoms with van der Waals surface area (Å²) in [7, 11) is 0. The second kappa shape index (κ2) is 18.5. The molecule has 6 heteroatoms. The highest BCUT2D eigenvalue weighted by Gasteiger charge is 2.25. The predicted molar refractivity (Wildman–Crippen MR) is 136 cm³/mol. The minimum absolute atomic E-state index is 0.0674. The van der Waals surface area contributed by atoms with Gasteiger partial charge in [-0.1, -0.05) is 103 Å². The first-order chi connectivity index (χ1) is 16.0. The lowest BCUT2D eigenvalue weighted by Crippen LogP contribution is -2.51. The Kier molecular flexibility index (Phi) is 16.3. The van der Waals surface area contributed by atoms with Gasteiger partial charge in [0.2, 0.25) is 0 Å². The first-order valence-electron chi connectivity index (χ1n) is 13.1. The van der Waals surface area contributed by atoms with E-state index in [0.717, 1.165) is 24.2 Å². The molecule has 0 heterocycles. The molecule has 33 heavy (non-hydrogen) atoms. The van der Waals surface area contributed by atoms with E-state index in [1.54, 1.807) is 0 Å². The summed E-state index contributed by atoms with van der Waals surface area (Å²) < 4.78 is 0. The van der Waals surface area contributed by atoms with E-state index in [1.807, 2.05) is 0 Å². The number of hydrogen-bond donors (Lipinski definition) is 3. The maximum Gasteiger partial charge on any atom is 0.260 e. The summed E-state index contributed by atoms with van der Waals surface area (Å²) in [6.45, 7) is 2.57. The summed E-state index contributed by atoms with van der Waals surface area (Å²) in [4.78, 5) is 26.2. The van der Waals surface area contributed by atoms with Crippen LogP contribution in [0.2, 0.25) is 0 Å². The number of imide groups is 1. The van der Waals surface area contributed by atoms with Gasteiger partial charge in [-0.2, -0.15) is 0 Å². The van der Waals surface area contributed by atoms with Gasteiger partial charge in [-0.05, 0) is 30.7 Å². The topological polar surface area (TPSA) is 110 Å². The summed E-state index contributed by atoms with van der Waals surface area (Å²) in [6.07, 6.45) is 19.1. The summed E-state index contributed by atoms with van der Waals surface area (Å²) in [5, 5.41) is 9.40. The van der Waals surface area contributed by atoms with Gasteiger partial charge in [0.25, 0.3) is 11.8 Å². The van der Waals surface area contributed by atoms with Gasteiger partial charge in [0.15, 0.2) is 0 Å². The van der Waals surface area contributed by atoms with Crippen LogP contribution in [-0.4, -0.2) is 34.5 Å². The highest BCUT2D eigenvalue weighted by Crippen LogP contribution is 2.15. The molecule has 0 aliphatic rings. The van der Waals surface area contributed by atoms with Gasteiger partial charge < -0.3 is 16.6 Å². The van der Waals surface area contributed by atoms with Gasteiger partial charge in [-0.15, -0.1) is 0 Å². The lowest BCUT2D eigenvalue weighted by molar-refractivity contribution is -0.129. The molecule has 0 saturated heterocycles. The molecule has 188 valence electrons. The molecule has 0 spiro atoms. The molecule has 1 rings (SSSR count). The molecule has 2 amide bonds. The number of carbonyl (C=O) groups is 2. The van der Waals surface area contributed by atoms with E-state index in [-0.39, 0.29) is 5.75 Å². The van der Waals surface area contributed by atoms with Crippen LogP contribution in [0.1, 0.15) is 120 Å². The number of unbranched alkanes of at least 4 members (excludes halogenated alkanes) is 15. The van der Waals surface area contributed by atoms with Gasteiger partial charge >= 0.3 is 0 Å². The number of hydrogen-bond acceptors (Lipinski definition) is 5. The molecule has 0 unspecified atom stereocenters. The SMILES string of the molecule is CCCCCCCCCCCCCCCCCCN(C(=O)c1ccc(O)cc1)C(=O)C(N)N. The Bertz CT molecular complexity index is 647. The summed E-state index contributed by atoms with van der Waals surface area (Å²) >= 11 is 0. The number of nitrogens with zero attached hydrogens (tertiary/aromatic N) is 1. The van der Waals surface area contributed by atoms with E-state index in [4.69, 9.17) is 11.5 Å². The first-order valence-corrected chi connectivity index (χ1v) is 13.1. The fourth-order valence-electron chi connectivity index (χ4n) is 4.07. The van der Waals surface area contributed by atoms with Crippen molar-refractivity contribution >= 4 is 11.8 Å². The number of phenolic OH excluding ortho intramolecular Hbond substituents is 1. The van der Waals surface area contributed by atoms with Gasteiger partial charge in [-0.25, -0.2) is 0 Å². The van der Waals surface area contributed by atoms with E-state index < -0.39 is 18.0 Å². The number of rotatable bonds is 19. The molecule has 1 aromatic carbocycles. The fraction of sp³-hybridized carbons (Fsp3) is 0.704. The second-order valence-corrected chi connectivity index (χ2v) is 9.17. The second-order valence-electron chi connectivity index (χ2n) is 9.17. The third kappa shape index (κ3) is 13.4.